The smallest absolute Gasteiger partial charge is 0.269 e. The highest BCUT2D eigenvalue weighted by Gasteiger charge is 2.42. The van der Waals surface area contributed by atoms with E-state index in [2.05, 4.69) is 17.4 Å². The van der Waals surface area contributed by atoms with Crippen LogP contribution < -0.4 is 19.7 Å². The Morgan fingerprint density at radius 3 is 2.43 bits per heavy atom. The van der Waals surface area contributed by atoms with Crippen LogP contribution in [-0.2, 0) is 11.4 Å². The van der Waals surface area contributed by atoms with Crippen molar-refractivity contribution in [2.75, 3.05) is 16.8 Å². The molecule has 1 aromatic heterocycles. The van der Waals surface area contributed by atoms with Gasteiger partial charge in [0.1, 0.15) is 6.61 Å². The number of Topliss-reactive ketones (excluding diaryl/α,β-unsaturated/α-hetero) is 1. The highest BCUT2D eigenvalue weighted by atomic mass is 35.5. The van der Waals surface area contributed by atoms with Crippen LogP contribution in [0.2, 0.25) is 5.02 Å². The van der Waals surface area contributed by atoms with Crippen molar-refractivity contribution < 1.29 is 19.1 Å². The van der Waals surface area contributed by atoms with Crippen molar-refractivity contribution in [1.82, 2.24) is 0 Å². The molecule has 0 fully saturated rings. The number of carbonyl (C=O) groups excluding carboxylic acids is 2. The lowest BCUT2D eigenvalue weighted by molar-refractivity contribution is -0.116. The second-order valence-electron chi connectivity index (χ2n) is 11.6. The summed E-state index contributed by atoms with van der Waals surface area (Å²) in [6, 6.07) is 34.2. The molecule has 2 atom stereocenters. The second kappa shape index (κ2) is 13.5. The topological polar surface area (TPSA) is 67.9 Å². The number of ether oxygens (including phenoxy) is 2. The first-order valence-electron chi connectivity index (χ1n) is 15.7. The number of hydrogen-bond donors (Lipinski definition) is 1. The Morgan fingerprint density at radius 1 is 0.872 bits per heavy atom. The maximum absolute atomic E-state index is 14.5. The van der Waals surface area contributed by atoms with E-state index in [0.717, 1.165) is 28.1 Å². The van der Waals surface area contributed by atoms with Gasteiger partial charge in [-0.15, -0.1) is 11.3 Å². The van der Waals surface area contributed by atoms with E-state index in [-0.39, 0.29) is 17.6 Å². The average molecular weight is 661 g/mol. The molecule has 7 rings (SSSR count). The van der Waals surface area contributed by atoms with Gasteiger partial charge in [-0.2, -0.15) is 0 Å². The summed E-state index contributed by atoms with van der Waals surface area (Å²) in [7, 11) is 0. The van der Waals surface area contributed by atoms with E-state index >= 15 is 0 Å². The quantitative estimate of drug-likeness (QED) is 0.180. The Bertz CT molecular complexity index is 1940. The Morgan fingerprint density at radius 2 is 1.66 bits per heavy atom. The highest BCUT2D eigenvalue weighted by molar-refractivity contribution is 7.12. The maximum atomic E-state index is 14.5. The standard InChI is InChI=1S/C39H33ClN2O4S/c1-2-45-35-23-27(16-19-34(35)46-24-25-14-17-29(40)18-15-25)38-37-31(21-28(22-33(37)43)26-9-4-3-5-10-26)41-30-11-6-7-12-32(30)42(38)39(44)36-13-8-20-47-36/h3-20,23,28,38,41H,2,21-22,24H2,1H3/t28-,38+/m0/s1. The number of hydrogen-bond acceptors (Lipinski definition) is 6. The van der Waals surface area contributed by atoms with Crippen molar-refractivity contribution in [3.8, 4) is 11.5 Å². The van der Waals surface area contributed by atoms with E-state index in [4.69, 9.17) is 21.1 Å². The number of rotatable bonds is 8. The molecule has 1 aliphatic carbocycles. The molecule has 0 saturated heterocycles. The van der Waals surface area contributed by atoms with Gasteiger partial charge in [-0.1, -0.05) is 78.3 Å². The number of fused-ring (bicyclic) bond motifs is 1. The monoisotopic (exact) mass is 660 g/mol. The first-order valence-corrected chi connectivity index (χ1v) is 16.9. The molecule has 6 nitrogen and oxygen atoms in total. The molecule has 2 aliphatic rings. The summed E-state index contributed by atoms with van der Waals surface area (Å²) in [5.74, 6) is 0.968. The number of ketones is 1. The third kappa shape index (κ3) is 6.29. The SMILES string of the molecule is CCOc1cc([C@@H]2C3=C(C[C@H](c4ccccc4)CC3=O)Nc3ccccc3N2C(=O)c2cccs2)ccc1OCc1ccc(Cl)cc1. The fourth-order valence-corrected chi connectivity index (χ4v) is 7.22. The normalized spacial score (nSPS) is 17.3. The molecule has 47 heavy (non-hydrogen) atoms. The van der Waals surface area contributed by atoms with Crippen LogP contribution in [0.3, 0.4) is 0 Å². The van der Waals surface area contributed by atoms with E-state index < -0.39 is 6.04 Å². The van der Waals surface area contributed by atoms with Crippen LogP contribution >= 0.6 is 22.9 Å². The molecule has 0 saturated carbocycles. The number of benzene rings is 4. The lowest BCUT2D eigenvalue weighted by Crippen LogP contribution is -2.38. The number of carbonyl (C=O) groups is 2. The Balaban J connectivity index is 1.36. The average Bonchev–Trinajstić information content (AvgIpc) is 3.59. The van der Waals surface area contributed by atoms with E-state index in [0.29, 0.717) is 58.7 Å². The van der Waals surface area contributed by atoms with Gasteiger partial charge in [-0.05, 0) is 83.8 Å². The minimum absolute atomic E-state index is 0.00964. The zero-order valence-corrected chi connectivity index (χ0v) is 27.4. The molecule has 1 aliphatic heterocycles. The molecule has 0 radical (unpaired) electrons. The third-order valence-corrected chi connectivity index (χ3v) is 9.71. The predicted octanol–water partition coefficient (Wildman–Crippen LogP) is 9.59. The molecule has 236 valence electrons. The van der Waals surface area contributed by atoms with Gasteiger partial charge in [-0.25, -0.2) is 0 Å². The molecule has 1 amide bonds. The van der Waals surface area contributed by atoms with Crippen LogP contribution in [0.5, 0.6) is 11.5 Å². The van der Waals surface area contributed by atoms with Crippen molar-refractivity contribution in [3.63, 3.8) is 0 Å². The maximum Gasteiger partial charge on any atom is 0.269 e. The lowest BCUT2D eigenvalue weighted by Gasteiger charge is -2.35. The number of anilines is 2. The zero-order valence-electron chi connectivity index (χ0n) is 25.8. The summed E-state index contributed by atoms with van der Waals surface area (Å²) >= 11 is 7.46. The van der Waals surface area contributed by atoms with E-state index in [9.17, 15) is 9.59 Å². The fourth-order valence-electron chi connectivity index (χ4n) is 6.43. The number of nitrogens with one attached hydrogen (secondary N) is 1. The van der Waals surface area contributed by atoms with Gasteiger partial charge >= 0.3 is 0 Å². The molecular weight excluding hydrogens is 628 g/mol. The number of amides is 1. The molecule has 0 unspecified atom stereocenters. The van der Waals surface area contributed by atoms with Gasteiger partial charge in [-0.3, -0.25) is 14.5 Å². The molecular formula is C39H33ClN2O4S. The van der Waals surface area contributed by atoms with Gasteiger partial charge in [0.15, 0.2) is 17.3 Å². The largest absolute Gasteiger partial charge is 0.490 e. The summed E-state index contributed by atoms with van der Waals surface area (Å²) in [5.41, 5.74) is 5.75. The Labute approximate surface area is 283 Å². The van der Waals surface area contributed by atoms with E-state index in [1.54, 1.807) is 4.90 Å². The van der Waals surface area contributed by atoms with Crippen molar-refractivity contribution >= 4 is 46.0 Å². The summed E-state index contributed by atoms with van der Waals surface area (Å²) in [6.45, 7) is 2.66. The summed E-state index contributed by atoms with van der Waals surface area (Å²) in [6.07, 6.45) is 0.983. The van der Waals surface area contributed by atoms with Crippen LogP contribution in [0.15, 0.2) is 126 Å². The predicted molar refractivity (Wildman–Crippen MR) is 188 cm³/mol. The Kier molecular flexibility index (Phi) is 8.83. The van der Waals surface area contributed by atoms with Crippen LogP contribution in [-0.4, -0.2) is 18.3 Å². The van der Waals surface area contributed by atoms with Gasteiger partial charge in [0.2, 0.25) is 0 Å². The number of thiophene rings is 1. The van der Waals surface area contributed by atoms with Gasteiger partial charge in [0.25, 0.3) is 5.91 Å². The summed E-state index contributed by atoms with van der Waals surface area (Å²) in [5, 5.41) is 6.17. The van der Waals surface area contributed by atoms with Crippen LogP contribution in [0.25, 0.3) is 0 Å². The molecule has 8 heteroatoms. The fraction of sp³-hybridized carbons (Fsp3) is 0.179. The molecule has 0 bridgehead atoms. The van der Waals surface area contributed by atoms with Crippen molar-refractivity contribution in [3.05, 3.63) is 152 Å². The number of halogens is 1. The number of nitrogens with zero attached hydrogens (tertiary/aromatic N) is 1. The molecule has 1 N–H and O–H groups in total. The van der Waals surface area contributed by atoms with Gasteiger partial charge in [0.05, 0.1) is 28.9 Å². The van der Waals surface area contributed by atoms with Gasteiger partial charge in [0, 0.05) is 22.7 Å². The summed E-state index contributed by atoms with van der Waals surface area (Å²) < 4.78 is 12.3. The molecule has 0 spiro atoms. The Hall–Kier alpha value is -4.85. The summed E-state index contributed by atoms with van der Waals surface area (Å²) in [4.78, 5) is 31.3. The molecule has 4 aromatic carbocycles. The minimum atomic E-state index is -0.704. The minimum Gasteiger partial charge on any atom is -0.490 e. The van der Waals surface area contributed by atoms with E-state index in [1.807, 2.05) is 109 Å². The second-order valence-corrected chi connectivity index (χ2v) is 13.0. The first kappa shape index (κ1) is 30.8. The van der Waals surface area contributed by atoms with Gasteiger partial charge < -0.3 is 14.8 Å². The van der Waals surface area contributed by atoms with E-state index in [1.165, 1.54) is 11.3 Å². The van der Waals surface area contributed by atoms with Crippen molar-refractivity contribution in [2.24, 2.45) is 0 Å². The number of para-hydroxylation sites is 2. The molecule has 5 aromatic rings. The van der Waals surface area contributed by atoms with Crippen molar-refractivity contribution in [2.45, 2.75) is 38.3 Å². The van der Waals surface area contributed by atoms with Crippen LogP contribution in [0.4, 0.5) is 11.4 Å². The van der Waals surface area contributed by atoms with Crippen LogP contribution in [0, 0.1) is 0 Å². The van der Waals surface area contributed by atoms with Crippen LogP contribution in [0.1, 0.15) is 58.1 Å². The zero-order chi connectivity index (χ0) is 32.3. The molecule has 2 heterocycles. The van der Waals surface area contributed by atoms with Crippen molar-refractivity contribution in [1.29, 1.82) is 0 Å². The lowest BCUT2D eigenvalue weighted by atomic mass is 9.78. The first-order chi connectivity index (χ1) is 23.0. The highest BCUT2D eigenvalue weighted by Crippen LogP contribution is 2.49. The number of allylic oxidation sites excluding steroid dienone is 1. The third-order valence-electron chi connectivity index (χ3n) is 8.60.